The summed E-state index contributed by atoms with van der Waals surface area (Å²) in [6, 6.07) is 54.0. The number of hydrogen-bond donors (Lipinski definition) is 0. The highest BCUT2D eigenvalue weighted by Gasteiger charge is 2.61. The zero-order chi connectivity index (χ0) is 34.0. The topological polar surface area (TPSA) is 3.24 Å². The Labute approximate surface area is 308 Å². The summed E-state index contributed by atoms with van der Waals surface area (Å²) in [5.74, 6) is 3.36. The van der Waals surface area contributed by atoms with Gasteiger partial charge in [-0.05, 0) is 149 Å². The monoisotopic (exact) mass is 671 g/mol. The fraction of sp³-hybridized carbons (Fsp3) is 0.294. The standard InChI is InChI=1S/C51H45N/c1-2-11-35(12-3-1)36-19-21-39(22-20-36)52(48-18-10-17-46-49(48)43-14-5-6-15-44(43)50(46)25-8-9-26-50)40-23-24-42-41-13-4-7-16-45(41)51(47(42)32-40)37-28-33-27-34(30-37)31-38(51)29-33/h1-7,10-24,32-34,37-38H,8-9,25-31H2. The Bertz CT molecular complexity index is 2350. The predicted molar refractivity (Wildman–Crippen MR) is 215 cm³/mol. The zero-order valence-electron chi connectivity index (χ0n) is 29.9. The Morgan fingerprint density at radius 3 is 1.79 bits per heavy atom. The molecular weight excluding hydrogens is 627 g/mol. The molecule has 0 amide bonds. The van der Waals surface area contributed by atoms with E-state index < -0.39 is 0 Å². The van der Waals surface area contributed by atoms with Crippen molar-refractivity contribution in [1.29, 1.82) is 0 Å². The molecule has 2 spiro atoms. The van der Waals surface area contributed by atoms with Crippen molar-refractivity contribution >= 4 is 17.1 Å². The van der Waals surface area contributed by atoms with Gasteiger partial charge in [-0.25, -0.2) is 0 Å². The Morgan fingerprint density at radius 2 is 1.04 bits per heavy atom. The third kappa shape index (κ3) is 3.85. The molecule has 0 aromatic heterocycles. The molecule has 0 atom stereocenters. The average Bonchev–Trinajstić information content (AvgIpc) is 3.88. The van der Waals surface area contributed by atoms with E-state index in [1.54, 1.807) is 22.3 Å². The SMILES string of the molecule is c1ccc(-c2ccc(N(c3ccc4c(c3)C3(c5ccccc5-4)C4CC5CC(C4)CC3C5)c3cccc4c3-c3ccccc3C43CCCC3)cc2)cc1. The van der Waals surface area contributed by atoms with E-state index in [1.165, 1.54) is 108 Å². The molecule has 0 aliphatic heterocycles. The Hall–Kier alpha value is -4.88. The van der Waals surface area contributed by atoms with Gasteiger partial charge in [0.25, 0.3) is 0 Å². The van der Waals surface area contributed by atoms with Gasteiger partial charge >= 0.3 is 0 Å². The van der Waals surface area contributed by atoms with Crippen molar-refractivity contribution in [1.82, 2.24) is 0 Å². The van der Waals surface area contributed by atoms with Crippen molar-refractivity contribution < 1.29 is 0 Å². The number of benzene rings is 6. The Balaban J connectivity index is 1.09. The van der Waals surface area contributed by atoms with Gasteiger partial charge in [0.1, 0.15) is 0 Å². The Kier molecular flexibility index (Phi) is 6.18. The summed E-state index contributed by atoms with van der Waals surface area (Å²) in [6.45, 7) is 0. The van der Waals surface area contributed by atoms with Crippen LogP contribution >= 0.6 is 0 Å². The molecule has 7 aliphatic rings. The maximum absolute atomic E-state index is 2.67. The number of anilines is 3. The highest BCUT2D eigenvalue weighted by atomic mass is 15.1. The lowest BCUT2D eigenvalue weighted by Crippen LogP contribution is -2.55. The van der Waals surface area contributed by atoms with Crippen LogP contribution in [0.25, 0.3) is 33.4 Å². The molecular formula is C51H45N. The normalized spacial score (nSPS) is 26.4. The molecule has 6 aromatic carbocycles. The van der Waals surface area contributed by atoms with Gasteiger partial charge in [-0.15, -0.1) is 0 Å². The van der Waals surface area contributed by atoms with Crippen molar-refractivity contribution in [3.05, 3.63) is 162 Å². The van der Waals surface area contributed by atoms with Crippen LogP contribution in [0.3, 0.4) is 0 Å². The maximum atomic E-state index is 2.67. The third-order valence-corrected chi connectivity index (χ3v) is 15.0. The van der Waals surface area contributed by atoms with Gasteiger partial charge in [0.2, 0.25) is 0 Å². The highest BCUT2D eigenvalue weighted by Crippen LogP contribution is 2.70. The summed E-state index contributed by atoms with van der Waals surface area (Å²) in [5.41, 5.74) is 18.8. The fourth-order valence-electron chi connectivity index (χ4n) is 13.3. The maximum Gasteiger partial charge on any atom is 0.0543 e. The van der Waals surface area contributed by atoms with E-state index in [0.29, 0.717) is 0 Å². The summed E-state index contributed by atoms with van der Waals surface area (Å²) in [5, 5.41) is 0. The molecule has 0 heterocycles. The zero-order valence-corrected chi connectivity index (χ0v) is 29.9. The smallest absolute Gasteiger partial charge is 0.0543 e. The van der Waals surface area contributed by atoms with Crippen molar-refractivity contribution in [2.24, 2.45) is 23.7 Å². The minimum atomic E-state index is 0.134. The Morgan fingerprint density at radius 1 is 0.442 bits per heavy atom. The van der Waals surface area contributed by atoms with Crippen LogP contribution in [0.5, 0.6) is 0 Å². The van der Waals surface area contributed by atoms with E-state index in [4.69, 9.17) is 0 Å². The number of rotatable bonds is 4. The molecule has 52 heavy (non-hydrogen) atoms. The number of fused-ring (bicyclic) bond motifs is 8. The van der Waals surface area contributed by atoms with Crippen molar-refractivity contribution in [3.63, 3.8) is 0 Å². The van der Waals surface area contributed by atoms with Crippen molar-refractivity contribution in [2.45, 2.75) is 68.6 Å². The molecule has 4 bridgehead atoms. The van der Waals surface area contributed by atoms with Gasteiger partial charge in [0, 0.05) is 27.8 Å². The van der Waals surface area contributed by atoms with E-state index in [-0.39, 0.29) is 10.8 Å². The molecule has 0 unspecified atom stereocenters. The van der Waals surface area contributed by atoms with Gasteiger partial charge in [-0.1, -0.05) is 122 Å². The van der Waals surface area contributed by atoms with Crippen molar-refractivity contribution in [3.8, 4) is 33.4 Å². The van der Waals surface area contributed by atoms with Crippen LogP contribution < -0.4 is 4.90 Å². The molecule has 7 aliphatic carbocycles. The fourth-order valence-corrected chi connectivity index (χ4v) is 13.3. The summed E-state index contributed by atoms with van der Waals surface area (Å²) in [6.07, 6.45) is 12.2. The first-order chi connectivity index (χ1) is 25.7. The van der Waals surface area contributed by atoms with Crippen LogP contribution in [-0.2, 0) is 10.8 Å². The molecule has 0 radical (unpaired) electrons. The summed E-state index contributed by atoms with van der Waals surface area (Å²) < 4.78 is 0. The van der Waals surface area contributed by atoms with E-state index in [1.807, 2.05) is 0 Å². The van der Waals surface area contributed by atoms with Crippen LogP contribution in [0.2, 0.25) is 0 Å². The molecule has 5 saturated carbocycles. The summed E-state index contributed by atoms with van der Waals surface area (Å²) >= 11 is 0. The van der Waals surface area contributed by atoms with Crippen LogP contribution in [0.4, 0.5) is 17.1 Å². The van der Waals surface area contributed by atoms with Gasteiger partial charge in [0.05, 0.1) is 5.69 Å². The first-order valence-corrected chi connectivity index (χ1v) is 20.2. The lowest BCUT2D eigenvalue weighted by molar-refractivity contribution is -0.0399. The van der Waals surface area contributed by atoms with Crippen molar-refractivity contribution in [2.75, 3.05) is 4.90 Å². The second-order valence-electron chi connectivity index (χ2n) is 17.2. The molecule has 0 saturated heterocycles. The minimum absolute atomic E-state index is 0.134. The second kappa shape index (κ2) is 10.8. The van der Waals surface area contributed by atoms with E-state index in [9.17, 15) is 0 Å². The minimum Gasteiger partial charge on any atom is -0.310 e. The molecule has 6 aromatic rings. The van der Waals surface area contributed by atoms with Gasteiger partial charge in [-0.3, -0.25) is 0 Å². The van der Waals surface area contributed by atoms with Gasteiger partial charge in [0.15, 0.2) is 0 Å². The van der Waals surface area contributed by atoms with Crippen LogP contribution in [0.15, 0.2) is 140 Å². The summed E-state index contributed by atoms with van der Waals surface area (Å²) in [7, 11) is 0. The first-order valence-electron chi connectivity index (χ1n) is 20.2. The van der Waals surface area contributed by atoms with Gasteiger partial charge < -0.3 is 4.90 Å². The molecule has 1 nitrogen and oxygen atoms in total. The number of hydrogen-bond acceptors (Lipinski definition) is 1. The quantitative estimate of drug-likeness (QED) is 0.180. The average molecular weight is 672 g/mol. The molecule has 1 heteroatoms. The van der Waals surface area contributed by atoms with E-state index >= 15 is 0 Å². The summed E-state index contributed by atoms with van der Waals surface area (Å²) in [4.78, 5) is 2.63. The van der Waals surface area contributed by atoms with E-state index in [0.717, 1.165) is 23.7 Å². The largest absolute Gasteiger partial charge is 0.310 e. The lowest BCUT2D eigenvalue weighted by Gasteiger charge is -2.61. The molecule has 0 N–H and O–H groups in total. The van der Waals surface area contributed by atoms with Crippen LogP contribution in [-0.4, -0.2) is 0 Å². The van der Waals surface area contributed by atoms with Crippen LogP contribution in [0, 0.1) is 23.7 Å². The molecule has 254 valence electrons. The van der Waals surface area contributed by atoms with E-state index in [2.05, 4.69) is 144 Å². The lowest BCUT2D eigenvalue weighted by atomic mass is 9.43. The second-order valence-corrected chi connectivity index (χ2v) is 17.2. The molecule has 13 rings (SSSR count). The molecule has 5 fully saturated rings. The first kappa shape index (κ1) is 29.7. The van der Waals surface area contributed by atoms with Crippen LogP contribution in [0.1, 0.15) is 80.0 Å². The third-order valence-electron chi connectivity index (χ3n) is 15.0. The highest BCUT2D eigenvalue weighted by molar-refractivity contribution is 5.96. The predicted octanol–water partition coefficient (Wildman–Crippen LogP) is 13.4. The van der Waals surface area contributed by atoms with Gasteiger partial charge in [-0.2, -0.15) is 0 Å². The number of nitrogens with zero attached hydrogens (tertiary/aromatic N) is 1.